The number of thiophene rings is 1. The van der Waals surface area contributed by atoms with E-state index in [4.69, 9.17) is 11.6 Å². The molecule has 1 aromatic carbocycles. The van der Waals surface area contributed by atoms with E-state index in [0.717, 1.165) is 17.9 Å². The standard InChI is InChI=1S/C15H15ClN2S/c1-10-4-3-5-13-14(10)18(15(17-13)11(2)16)8-12-6-7-19-9-12/h3-7,9,11H,8H2,1-2H3. The van der Waals surface area contributed by atoms with E-state index in [0.29, 0.717) is 0 Å². The monoisotopic (exact) mass is 290 g/mol. The van der Waals surface area contributed by atoms with Gasteiger partial charge < -0.3 is 4.57 Å². The number of benzene rings is 1. The van der Waals surface area contributed by atoms with Crippen LogP contribution in [0.25, 0.3) is 11.0 Å². The Bertz CT molecular complexity index is 698. The first-order valence-electron chi connectivity index (χ1n) is 6.27. The van der Waals surface area contributed by atoms with Gasteiger partial charge in [-0.3, -0.25) is 0 Å². The molecule has 0 bridgehead atoms. The smallest absolute Gasteiger partial charge is 0.128 e. The predicted octanol–water partition coefficient (Wildman–Crippen LogP) is 4.75. The van der Waals surface area contributed by atoms with Crippen LogP contribution in [-0.4, -0.2) is 9.55 Å². The molecule has 2 nitrogen and oxygen atoms in total. The summed E-state index contributed by atoms with van der Waals surface area (Å²) in [5.74, 6) is 0.942. The fourth-order valence-electron chi connectivity index (χ4n) is 2.41. The molecule has 4 heteroatoms. The number of halogens is 1. The zero-order chi connectivity index (χ0) is 13.4. The van der Waals surface area contributed by atoms with Crippen molar-refractivity contribution in [3.63, 3.8) is 0 Å². The van der Waals surface area contributed by atoms with Crippen molar-refractivity contribution in [3.8, 4) is 0 Å². The Morgan fingerprint density at radius 1 is 1.37 bits per heavy atom. The number of nitrogens with zero attached hydrogens (tertiary/aromatic N) is 2. The number of para-hydroxylation sites is 1. The maximum Gasteiger partial charge on any atom is 0.128 e. The van der Waals surface area contributed by atoms with Gasteiger partial charge >= 0.3 is 0 Å². The summed E-state index contributed by atoms with van der Waals surface area (Å²) in [5.41, 5.74) is 4.75. The Morgan fingerprint density at radius 2 is 2.21 bits per heavy atom. The first-order valence-corrected chi connectivity index (χ1v) is 7.65. The van der Waals surface area contributed by atoms with Gasteiger partial charge in [0.15, 0.2) is 0 Å². The maximum absolute atomic E-state index is 6.29. The molecule has 2 aromatic heterocycles. The average Bonchev–Trinajstić information content (AvgIpc) is 2.98. The SMILES string of the molecule is Cc1cccc2nc(C(C)Cl)n(Cc3ccsc3)c12. The number of aromatic nitrogens is 2. The summed E-state index contributed by atoms with van der Waals surface area (Å²) in [5, 5.41) is 4.18. The summed E-state index contributed by atoms with van der Waals surface area (Å²) in [6, 6.07) is 8.37. The van der Waals surface area contributed by atoms with Gasteiger partial charge in [-0.2, -0.15) is 11.3 Å². The Labute approximate surface area is 121 Å². The van der Waals surface area contributed by atoms with E-state index in [1.54, 1.807) is 11.3 Å². The third-order valence-electron chi connectivity index (χ3n) is 3.27. The fraction of sp³-hybridized carbons (Fsp3) is 0.267. The third-order valence-corrected chi connectivity index (χ3v) is 4.20. The van der Waals surface area contributed by atoms with Gasteiger partial charge in [-0.05, 0) is 47.9 Å². The molecule has 0 saturated carbocycles. The van der Waals surface area contributed by atoms with Crippen molar-refractivity contribution in [2.75, 3.05) is 0 Å². The van der Waals surface area contributed by atoms with Gasteiger partial charge in [-0.15, -0.1) is 11.6 Å². The first kappa shape index (κ1) is 12.7. The highest BCUT2D eigenvalue weighted by Crippen LogP contribution is 2.27. The van der Waals surface area contributed by atoms with Crippen LogP contribution in [-0.2, 0) is 6.54 Å². The van der Waals surface area contributed by atoms with Crippen molar-refractivity contribution in [2.45, 2.75) is 25.8 Å². The predicted molar refractivity (Wildman–Crippen MR) is 82.2 cm³/mol. The number of hydrogen-bond donors (Lipinski definition) is 0. The molecule has 3 aromatic rings. The molecule has 0 aliphatic rings. The molecule has 0 fully saturated rings. The van der Waals surface area contributed by atoms with E-state index in [1.165, 1.54) is 16.6 Å². The summed E-state index contributed by atoms with van der Waals surface area (Å²) in [7, 11) is 0. The van der Waals surface area contributed by atoms with Crippen molar-refractivity contribution >= 4 is 34.0 Å². The van der Waals surface area contributed by atoms with E-state index in [2.05, 4.69) is 45.4 Å². The second-order valence-electron chi connectivity index (χ2n) is 4.75. The van der Waals surface area contributed by atoms with Gasteiger partial charge in [0.25, 0.3) is 0 Å². The highest BCUT2D eigenvalue weighted by Gasteiger charge is 2.16. The summed E-state index contributed by atoms with van der Waals surface area (Å²) >= 11 is 8.01. The Hall–Kier alpha value is -1.32. The van der Waals surface area contributed by atoms with Crippen LogP contribution in [0.5, 0.6) is 0 Å². The zero-order valence-corrected chi connectivity index (χ0v) is 12.5. The van der Waals surface area contributed by atoms with Gasteiger partial charge in [0.05, 0.1) is 23.0 Å². The topological polar surface area (TPSA) is 17.8 Å². The van der Waals surface area contributed by atoms with Crippen LogP contribution in [0, 0.1) is 6.92 Å². The molecule has 0 spiro atoms. The van der Waals surface area contributed by atoms with Gasteiger partial charge in [0, 0.05) is 0 Å². The minimum absolute atomic E-state index is 0.0922. The quantitative estimate of drug-likeness (QED) is 0.636. The summed E-state index contributed by atoms with van der Waals surface area (Å²) < 4.78 is 2.24. The number of hydrogen-bond acceptors (Lipinski definition) is 2. The molecule has 0 aliphatic carbocycles. The van der Waals surface area contributed by atoms with Gasteiger partial charge in [-0.1, -0.05) is 12.1 Å². The fourth-order valence-corrected chi connectivity index (χ4v) is 3.24. The maximum atomic E-state index is 6.29. The van der Waals surface area contributed by atoms with E-state index in [9.17, 15) is 0 Å². The molecule has 98 valence electrons. The molecule has 1 atom stereocenters. The van der Waals surface area contributed by atoms with E-state index >= 15 is 0 Å². The van der Waals surface area contributed by atoms with Crippen molar-refractivity contribution in [2.24, 2.45) is 0 Å². The Balaban J connectivity index is 2.21. The Kier molecular flexibility index (Phi) is 3.33. The lowest BCUT2D eigenvalue weighted by Gasteiger charge is -2.10. The number of fused-ring (bicyclic) bond motifs is 1. The van der Waals surface area contributed by atoms with Crippen LogP contribution in [0.1, 0.15) is 29.3 Å². The minimum atomic E-state index is -0.0922. The molecule has 3 rings (SSSR count). The number of rotatable bonds is 3. The zero-order valence-electron chi connectivity index (χ0n) is 10.9. The molecule has 0 amide bonds. The van der Waals surface area contributed by atoms with Crippen molar-refractivity contribution in [3.05, 3.63) is 52.0 Å². The lowest BCUT2D eigenvalue weighted by atomic mass is 10.2. The summed E-state index contributed by atoms with van der Waals surface area (Å²) in [6.07, 6.45) is 0. The van der Waals surface area contributed by atoms with Gasteiger partial charge in [0.1, 0.15) is 5.82 Å². The number of alkyl halides is 1. The highest BCUT2D eigenvalue weighted by atomic mass is 35.5. The van der Waals surface area contributed by atoms with Crippen LogP contribution in [0.3, 0.4) is 0 Å². The first-order chi connectivity index (χ1) is 9.16. The van der Waals surface area contributed by atoms with Gasteiger partial charge in [-0.25, -0.2) is 4.98 Å². The average molecular weight is 291 g/mol. The van der Waals surface area contributed by atoms with Crippen LogP contribution < -0.4 is 0 Å². The lowest BCUT2D eigenvalue weighted by Crippen LogP contribution is -2.05. The van der Waals surface area contributed by atoms with Crippen LogP contribution in [0.4, 0.5) is 0 Å². The molecule has 0 N–H and O–H groups in total. The van der Waals surface area contributed by atoms with Crippen molar-refractivity contribution in [1.29, 1.82) is 0 Å². The molecule has 19 heavy (non-hydrogen) atoms. The second kappa shape index (κ2) is 4.99. The van der Waals surface area contributed by atoms with Crippen molar-refractivity contribution < 1.29 is 0 Å². The molecule has 2 heterocycles. The molecule has 1 unspecified atom stereocenters. The molecule has 0 saturated heterocycles. The normalized spacial score (nSPS) is 13.0. The number of imidazole rings is 1. The van der Waals surface area contributed by atoms with Crippen molar-refractivity contribution in [1.82, 2.24) is 9.55 Å². The van der Waals surface area contributed by atoms with Crippen LogP contribution >= 0.6 is 22.9 Å². The highest BCUT2D eigenvalue weighted by molar-refractivity contribution is 7.07. The Morgan fingerprint density at radius 3 is 2.89 bits per heavy atom. The lowest BCUT2D eigenvalue weighted by molar-refractivity contribution is 0.743. The summed E-state index contributed by atoms with van der Waals surface area (Å²) in [4.78, 5) is 4.69. The number of aryl methyl sites for hydroxylation is 1. The largest absolute Gasteiger partial charge is 0.322 e. The molecular weight excluding hydrogens is 276 g/mol. The second-order valence-corrected chi connectivity index (χ2v) is 6.18. The van der Waals surface area contributed by atoms with Gasteiger partial charge in [0.2, 0.25) is 0 Å². The van der Waals surface area contributed by atoms with Crippen LogP contribution in [0.2, 0.25) is 0 Å². The third kappa shape index (κ3) is 2.28. The molecular formula is C15H15ClN2S. The van der Waals surface area contributed by atoms with E-state index < -0.39 is 0 Å². The van der Waals surface area contributed by atoms with E-state index in [1.807, 2.05) is 13.0 Å². The molecule has 0 radical (unpaired) electrons. The summed E-state index contributed by atoms with van der Waals surface area (Å²) in [6.45, 7) is 4.93. The molecule has 0 aliphatic heterocycles. The van der Waals surface area contributed by atoms with E-state index in [-0.39, 0.29) is 5.38 Å². The minimum Gasteiger partial charge on any atom is -0.322 e. The van der Waals surface area contributed by atoms with Crippen LogP contribution in [0.15, 0.2) is 35.0 Å².